The van der Waals surface area contributed by atoms with E-state index in [0.29, 0.717) is 12.8 Å². The van der Waals surface area contributed by atoms with E-state index >= 15 is 0 Å². The Morgan fingerprint density at radius 3 is 2.59 bits per heavy atom. The van der Waals surface area contributed by atoms with Gasteiger partial charge in [-0.2, -0.15) is 0 Å². The molecule has 0 amide bonds. The summed E-state index contributed by atoms with van der Waals surface area (Å²) < 4.78 is 3.78. The number of thioether (sulfide) groups is 1. The minimum absolute atomic E-state index is 0.0156. The Morgan fingerprint density at radius 2 is 2.06 bits per heavy atom. The van der Waals surface area contributed by atoms with Crippen LogP contribution in [0.5, 0.6) is 0 Å². The van der Waals surface area contributed by atoms with Gasteiger partial charge in [0.2, 0.25) is 0 Å². The lowest BCUT2D eigenvalue weighted by atomic mass is 10.1. The number of benzene rings is 1. The average molecular weight is 250 g/mol. The molecule has 90 valence electrons. The molecule has 0 aliphatic heterocycles. The molecule has 1 aromatic rings. The molecule has 1 aromatic carbocycles. The highest BCUT2D eigenvalue weighted by atomic mass is 32.2. The quantitative estimate of drug-likeness (QED) is 0.610. The molecular weight excluding hydrogens is 236 g/mol. The fourth-order valence-electron chi connectivity index (χ4n) is 2.06. The predicted octanol–water partition coefficient (Wildman–Crippen LogP) is 2.44. The Morgan fingerprint density at radius 1 is 1.35 bits per heavy atom. The molecule has 0 heterocycles. The number of Topliss-reactive ketones (excluding diaryl/α,β-unsaturated/α-hetero) is 1. The number of methoxy groups -OCH3 is 1. The van der Waals surface area contributed by atoms with Gasteiger partial charge in [0.25, 0.3) is 0 Å². The third-order valence-corrected chi connectivity index (χ3v) is 4.39. The first-order valence-corrected chi connectivity index (χ1v) is 6.36. The molecule has 0 radical (unpaired) electrons. The molecule has 0 N–H and O–H groups in total. The van der Waals surface area contributed by atoms with Gasteiger partial charge in [0.15, 0.2) is 10.5 Å². The molecule has 1 aliphatic rings. The average Bonchev–Trinajstić information content (AvgIpc) is 2.72. The minimum Gasteiger partial charge on any atom is -0.468 e. The molecule has 1 atom stereocenters. The van der Waals surface area contributed by atoms with Crippen molar-refractivity contribution >= 4 is 23.5 Å². The number of hydrogen-bond donors (Lipinski definition) is 0. The molecule has 1 unspecified atom stereocenters. The van der Waals surface area contributed by atoms with Gasteiger partial charge < -0.3 is 4.74 Å². The molecule has 1 fully saturated rings. The smallest absolute Gasteiger partial charge is 0.329 e. The van der Waals surface area contributed by atoms with Gasteiger partial charge in [0.1, 0.15) is 0 Å². The van der Waals surface area contributed by atoms with Gasteiger partial charge in [-0.15, -0.1) is 0 Å². The van der Waals surface area contributed by atoms with Gasteiger partial charge in [0, 0.05) is 11.3 Å². The lowest BCUT2D eigenvalue weighted by molar-refractivity contribution is -0.146. The number of rotatable bonds is 3. The standard InChI is InChI=1S/C13H14O3S/c1-16-12(15)13(9-5-8-11(13)14)17-10-6-3-2-4-7-10/h2-4,6-7H,5,8-9H2,1H3. The first-order valence-electron chi connectivity index (χ1n) is 5.55. The van der Waals surface area contributed by atoms with Crippen LogP contribution >= 0.6 is 11.8 Å². The summed E-state index contributed by atoms with van der Waals surface area (Å²) in [5.74, 6) is -0.438. The van der Waals surface area contributed by atoms with Gasteiger partial charge in [-0.25, -0.2) is 0 Å². The van der Waals surface area contributed by atoms with Crippen LogP contribution in [0.2, 0.25) is 0 Å². The van der Waals surface area contributed by atoms with Crippen LogP contribution in [-0.2, 0) is 14.3 Å². The van der Waals surface area contributed by atoms with E-state index in [4.69, 9.17) is 4.74 Å². The normalized spacial score (nSPS) is 23.7. The summed E-state index contributed by atoms with van der Waals surface area (Å²) in [7, 11) is 1.33. The van der Waals surface area contributed by atoms with E-state index in [2.05, 4.69) is 0 Å². The molecule has 1 aliphatic carbocycles. The zero-order valence-electron chi connectivity index (χ0n) is 9.64. The minimum atomic E-state index is -1.02. The highest BCUT2D eigenvalue weighted by Crippen LogP contribution is 2.43. The largest absolute Gasteiger partial charge is 0.468 e. The van der Waals surface area contributed by atoms with E-state index in [1.807, 2.05) is 30.3 Å². The van der Waals surface area contributed by atoms with E-state index in [-0.39, 0.29) is 5.78 Å². The first kappa shape index (κ1) is 12.2. The topological polar surface area (TPSA) is 43.4 Å². The van der Waals surface area contributed by atoms with Crippen LogP contribution < -0.4 is 0 Å². The molecule has 0 spiro atoms. The first-order chi connectivity index (χ1) is 8.19. The van der Waals surface area contributed by atoms with Crippen LogP contribution in [0.15, 0.2) is 35.2 Å². The molecule has 1 saturated carbocycles. The van der Waals surface area contributed by atoms with Crippen molar-refractivity contribution < 1.29 is 14.3 Å². The van der Waals surface area contributed by atoms with Crippen molar-refractivity contribution in [2.24, 2.45) is 0 Å². The highest BCUT2D eigenvalue weighted by Gasteiger charge is 2.50. The Labute approximate surface area is 105 Å². The van der Waals surface area contributed by atoms with Crippen molar-refractivity contribution in [3.8, 4) is 0 Å². The number of carbonyl (C=O) groups is 2. The van der Waals surface area contributed by atoms with Crippen LogP contribution in [0.25, 0.3) is 0 Å². The van der Waals surface area contributed by atoms with Crippen LogP contribution in [0.4, 0.5) is 0 Å². The fourth-order valence-corrected chi connectivity index (χ4v) is 3.38. The van der Waals surface area contributed by atoms with Crippen molar-refractivity contribution in [3.05, 3.63) is 30.3 Å². The Kier molecular flexibility index (Phi) is 3.52. The maximum absolute atomic E-state index is 12.0. The summed E-state index contributed by atoms with van der Waals surface area (Å²) in [6.45, 7) is 0. The third kappa shape index (κ3) is 2.22. The molecule has 0 saturated heterocycles. The third-order valence-electron chi connectivity index (χ3n) is 2.93. The Balaban J connectivity index is 2.29. The second-order valence-corrected chi connectivity index (χ2v) is 5.38. The zero-order chi connectivity index (χ0) is 12.3. The summed E-state index contributed by atoms with van der Waals surface area (Å²) in [4.78, 5) is 24.8. The number of ether oxygens (including phenoxy) is 1. The van der Waals surface area contributed by atoms with E-state index in [1.165, 1.54) is 18.9 Å². The van der Waals surface area contributed by atoms with E-state index in [1.54, 1.807) is 0 Å². The maximum Gasteiger partial charge on any atom is 0.329 e. The van der Waals surface area contributed by atoms with Gasteiger partial charge in [-0.1, -0.05) is 30.0 Å². The summed E-state index contributed by atoms with van der Waals surface area (Å²) >= 11 is 1.32. The van der Waals surface area contributed by atoms with E-state index in [0.717, 1.165) is 11.3 Å². The lowest BCUT2D eigenvalue weighted by Crippen LogP contribution is -2.40. The van der Waals surface area contributed by atoms with Crippen molar-refractivity contribution in [1.29, 1.82) is 0 Å². The monoisotopic (exact) mass is 250 g/mol. The number of ketones is 1. The van der Waals surface area contributed by atoms with Crippen molar-refractivity contribution in [2.75, 3.05) is 7.11 Å². The van der Waals surface area contributed by atoms with Crippen LogP contribution in [-0.4, -0.2) is 23.6 Å². The second kappa shape index (κ2) is 4.92. The summed E-state index contributed by atoms with van der Waals surface area (Å²) in [5.41, 5.74) is 0. The summed E-state index contributed by atoms with van der Waals surface area (Å²) in [6.07, 6.45) is 1.79. The van der Waals surface area contributed by atoms with Gasteiger partial charge in [-0.05, 0) is 25.0 Å². The number of hydrogen-bond acceptors (Lipinski definition) is 4. The van der Waals surface area contributed by atoms with Gasteiger partial charge in [-0.3, -0.25) is 9.59 Å². The summed E-state index contributed by atoms with van der Waals surface area (Å²) in [6, 6.07) is 9.51. The fraction of sp³-hybridized carbons (Fsp3) is 0.385. The van der Waals surface area contributed by atoms with Crippen LogP contribution in [0.1, 0.15) is 19.3 Å². The van der Waals surface area contributed by atoms with Gasteiger partial charge in [0.05, 0.1) is 7.11 Å². The zero-order valence-corrected chi connectivity index (χ0v) is 10.5. The van der Waals surface area contributed by atoms with Crippen molar-refractivity contribution in [1.82, 2.24) is 0 Å². The Hall–Kier alpha value is -1.29. The predicted molar refractivity (Wildman–Crippen MR) is 65.9 cm³/mol. The number of esters is 1. The second-order valence-electron chi connectivity index (χ2n) is 4.01. The summed E-state index contributed by atoms with van der Waals surface area (Å²) in [5, 5.41) is 0. The SMILES string of the molecule is COC(=O)C1(Sc2ccccc2)CCCC1=O. The highest BCUT2D eigenvalue weighted by molar-refractivity contribution is 8.02. The molecule has 17 heavy (non-hydrogen) atoms. The van der Waals surface area contributed by atoms with Crippen molar-refractivity contribution in [3.63, 3.8) is 0 Å². The molecule has 0 bridgehead atoms. The maximum atomic E-state index is 12.0. The van der Waals surface area contributed by atoms with E-state index < -0.39 is 10.7 Å². The lowest BCUT2D eigenvalue weighted by Gasteiger charge is -2.23. The van der Waals surface area contributed by atoms with Crippen LogP contribution in [0.3, 0.4) is 0 Å². The molecule has 4 heteroatoms. The molecule has 0 aromatic heterocycles. The van der Waals surface area contributed by atoms with Crippen LogP contribution in [0, 0.1) is 0 Å². The molecule has 2 rings (SSSR count). The Bertz CT molecular complexity index is 430. The molecular formula is C13H14O3S. The number of carbonyl (C=O) groups excluding carboxylic acids is 2. The van der Waals surface area contributed by atoms with Gasteiger partial charge >= 0.3 is 5.97 Å². The van der Waals surface area contributed by atoms with E-state index in [9.17, 15) is 9.59 Å². The molecule has 3 nitrogen and oxygen atoms in total. The van der Waals surface area contributed by atoms with Crippen molar-refractivity contribution in [2.45, 2.75) is 28.9 Å².